The van der Waals surface area contributed by atoms with Crippen LogP contribution in [0.4, 0.5) is 4.39 Å². The molecule has 0 spiro atoms. The van der Waals surface area contributed by atoms with Crippen molar-refractivity contribution in [2.24, 2.45) is 0 Å². The van der Waals surface area contributed by atoms with Gasteiger partial charge in [-0.05, 0) is 30.3 Å². The van der Waals surface area contributed by atoms with Gasteiger partial charge in [-0.15, -0.1) is 0 Å². The average Bonchev–Trinajstić information content (AvgIpc) is 2.47. The van der Waals surface area contributed by atoms with Crippen LogP contribution in [0.5, 0.6) is 11.5 Å². The van der Waals surface area contributed by atoms with Gasteiger partial charge in [0.25, 0.3) is 0 Å². The third-order valence-electron chi connectivity index (χ3n) is 3.59. The van der Waals surface area contributed by atoms with Gasteiger partial charge in [0.15, 0.2) is 0 Å². The number of hydrogen-bond donors (Lipinski definition) is 1. The molecule has 0 aliphatic carbocycles. The monoisotopic (exact) mass is 308 g/mol. The largest absolute Gasteiger partial charge is 0.497 e. The van der Waals surface area contributed by atoms with Crippen LogP contribution >= 0.6 is 11.6 Å². The molecule has 21 heavy (non-hydrogen) atoms. The SMILES string of the molecule is COc1ccc2c(c1)[C@@H](O)CC(c1ccc(Cl)cc1F)O2. The number of methoxy groups -OCH3 is 1. The lowest BCUT2D eigenvalue weighted by atomic mass is 9.94. The van der Waals surface area contributed by atoms with E-state index in [4.69, 9.17) is 21.1 Å². The normalized spacial score (nSPS) is 20.6. The lowest BCUT2D eigenvalue weighted by molar-refractivity contribution is 0.0637. The first-order valence-electron chi connectivity index (χ1n) is 6.56. The van der Waals surface area contributed by atoms with Crippen molar-refractivity contribution in [1.82, 2.24) is 0 Å². The number of benzene rings is 2. The van der Waals surface area contributed by atoms with Gasteiger partial charge in [-0.1, -0.05) is 17.7 Å². The molecule has 0 saturated heterocycles. The van der Waals surface area contributed by atoms with Gasteiger partial charge in [-0.2, -0.15) is 0 Å². The van der Waals surface area contributed by atoms with Gasteiger partial charge >= 0.3 is 0 Å². The van der Waals surface area contributed by atoms with E-state index in [1.807, 2.05) is 0 Å². The summed E-state index contributed by atoms with van der Waals surface area (Å²) < 4.78 is 24.9. The van der Waals surface area contributed by atoms with E-state index in [1.54, 1.807) is 37.4 Å². The van der Waals surface area contributed by atoms with E-state index in [9.17, 15) is 9.50 Å². The summed E-state index contributed by atoms with van der Waals surface area (Å²) in [4.78, 5) is 0. The van der Waals surface area contributed by atoms with Crippen molar-refractivity contribution >= 4 is 11.6 Å². The molecule has 0 aromatic heterocycles. The molecule has 0 saturated carbocycles. The Balaban J connectivity index is 1.94. The molecule has 2 atom stereocenters. The molecule has 1 unspecified atom stereocenters. The Kier molecular flexibility index (Phi) is 3.74. The summed E-state index contributed by atoms with van der Waals surface area (Å²) in [5.41, 5.74) is 1.04. The Labute approximate surface area is 126 Å². The highest BCUT2D eigenvalue weighted by atomic mass is 35.5. The molecular formula is C16H14ClFO3. The predicted octanol–water partition coefficient (Wildman–Crippen LogP) is 4.04. The van der Waals surface area contributed by atoms with E-state index in [0.717, 1.165) is 0 Å². The van der Waals surface area contributed by atoms with Crippen molar-refractivity contribution in [2.45, 2.75) is 18.6 Å². The highest BCUT2D eigenvalue weighted by Crippen LogP contribution is 2.42. The molecule has 2 aromatic carbocycles. The first-order chi connectivity index (χ1) is 10.1. The number of aliphatic hydroxyl groups is 1. The zero-order chi connectivity index (χ0) is 15.0. The standard InChI is InChI=1S/C16H14ClFO3/c1-20-10-3-5-15-12(7-10)14(19)8-16(21-15)11-4-2-9(17)6-13(11)18/h2-7,14,16,19H,8H2,1H3/t14-,16?/m0/s1. The average molecular weight is 309 g/mol. The Bertz CT molecular complexity index is 675. The van der Waals surface area contributed by atoms with E-state index in [2.05, 4.69) is 0 Å². The minimum absolute atomic E-state index is 0.277. The predicted molar refractivity (Wildman–Crippen MR) is 77.3 cm³/mol. The molecule has 0 fully saturated rings. The summed E-state index contributed by atoms with van der Waals surface area (Å²) >= 11 is 5.75. The molecule has 1 heterocycles. The second-order valence-electron chi connectivity index (χ2n) is 4.93. The third kappa shape index (κ3) is 2.69. The molecule has 110 valence electrons. The van der Waals surface area contributed by atoms with Crippen LogP contribution in [0, 0.1) is 5.82 Å². The number of aliphatic hydroxyl groups excluding tert-OH is 1. The molecule has 2 aromatic rings. The van der Waals surface area contributed by atoms with Crippen molar-refractivity contribution in [2.75, 3.05) is 7.11 Å². The Morgan fingerprint density at radius 3 is 2.76 bits per heavy atom. The van der Waals surface area contributed by atoms with Gasteiger partial charge in [0.1, 0.15) is 23.4 Å². The van der Waals surface area contributed by atoms with Gasteiger partial charge in [-0.25, -0.2) is 4.39 Å². The lowest BCUT2D eigenvalue weighted by Gasteiger charge is -2.30. The maximum absolute atomic E-state index is 14.0. The van der Waals surface area contributed by atoms with Gasteiger partial charge in [0.2, 0.25) is 0 Å². The van der Waals surface area contributed by atoms with Gasteiger partial charge in [0.05, 0.1) is 13.2 Å². The molecule has 0 bridgehead atoms. The summed E-state index contributed by atoms with van der Waals surface area (Å²) in [6.07, 6.45) is -0.999. The van der Waals surface area contributed by atoms with E-state index >= 15 is 0 Å². The van der Waals surface area contributed by atoms with Crippen molar-refractivity contribution in [3.63, 3.8) is 0 Å². The summed E-state index contributed by atoms with van der Waals surface area (Å²) in [7, 11) is 1.56. The zero-order valence-electron chi connectivity index (χ0n) is 11.3. The van der Waals surface area contributed by atoms with Crippen molar-refractivity contribution in [3.05, 3.63) is 58.4 Å². The first-order valence-corrected chi connectivity index (χ1v) is 6.94. The maximum atomic E-state index is 14.0. The molecule has 5 heteroatoms. The summed E-state index contributed by atoms with van der Waals surface area (Å²) in [6.45, 7) is 0. The molecule has 1 aliphatic rings. The van der Waals surface area contributed by atoms with Crippen LogP contribution in [0.3, 0.4) is 0 Å². The van der Waals surface area contributed by atoms with Crippen LogP contribution in [0.1, 0.15) is 29.8 Å². The van der Waals surface area contributed by atoms with E-state index in [1.165, 1.54) is 6.07 Å². The number of fused-ring (bicyclic) bond motifs is 1. The van der Waals surface area contributed by atoms with Crippen LogP contribution in [0.25, 0.3) is 0 Å². The number of halogens is 2. The molecule has 1 N–H and O–H groups in total. The Morgan fingerprint density at radius 2 is 2.05 bits per heavy atom. The van der Waals surface area contributed by atoms with Gasteiger partial charge in [0, 0.05) is 22.6 Å². The van der Waals surface area contributed by atoms with E-state index < -0.39 is 18.0 Å². The third-order valence-corrected chi connectivity index (χ3v) is 3.83. The molecule has 1 aliphatic heterocycles. The number of hydrogen-bond acceptors (Lipinski definition) is 3. The minimum Gasteiger partial charge on any atom is -0.497 e. The molecule has 0 radical (unpaired) electrons. The summed E-state index contributed by atoms with van der Waals surface area (Å²) in [5, 5.41) is 10.6. The zero-order valence-corrected chi connectivity index (χ0v) is 12.1. The first kappa shape index (κ1) is 14.2. The van der Waals surface area contributed by atoms with Crippen LogP contribution in [-0.4, -0.2) is 12.2 Å². The second kappa shape index (κ2) is 5.54. The smallest absolute Gasteiger partial charge is 0.131 e. The fraction of sp³-hybridized carbons (Fsp3) is 0.250. The van der Waals surface area contributed by atoms with Crippen molar-refractivity contribution < 1.29 is 19.0 Å². The molecule has 3 nitrogen and oxygen atoms in total. The second-order valence-corrected chi connectivity index (χ2v) is 5.36. The minimum atomic E-state index is -0.732. The van der Waals surface area contributed by atoms with Crippen LogP contribution < -0.4 is 9.47 Å². The molecular weight excluding hydrogens is 295 g/mol. The van der Waals surface area contributed by atoms with Crippen LogP contribution in [0.15, 0.2) is 36.4 Å². The Hall–Kier alpha value is -1.78. The van der Waals surface area contributed by atoms with Gasteiger partial charge in [-0.3, -0.25) is 0 Å². The lowest BCUT2D eigenvalue weighted by Crippen LogP contribution is -2.20. The quantitative estimate of drug-likeness (QED) is 0.910. The number of ether oxygens (including phenoxy) is 2. The highest BCUT2D eigenvalue weighted by molar-refractivity contribution is 6.30. The van der Waals surface area contributed by atoms with Crippen LogP contribution in [0.2, 0.25) is 5.02 Å². The van der Waals surface area contributed by atoms with E-state index in [-0.39, 0.29) is 6.42 Å². The highest BCUT2D eigenvalue weighted by Gasteiger charge is 2.30. The molecule has 3 rings (SSSR count). The Morgan fingerprint density at radius 1 is 1.24 bits per heavy atom. The fourth-order valence-corrected chi connectivity index (χ4v) is 2.66. The maximum Gasteiger partial charge on any atom is 0.131 e. The van der Waals surface area contributed by atoms with E-state index in [0.29, 0.717) is 27.6 Å². The summed E-state index contributed by atoms with van der Waals surface area (Å²) in [6, 6.07) is 9.64. The summed E-state index contributed by atoms with van der Waals surface area (Å²) in [5.74, 6) is 0.748. The topological polar surface area (TPSA) is 38.7 Å². The fourth-order valence-electron chi connectivity index (χ4n) is 2.51. The molecule has 0 amide bonds. The van der Waals surface area contributed by atoms with Crippen molar-refractivity contribution in [3.8, 4) is 11.5 Å². The van der Waals surface area contributed by atoms with Crippen LogP contribution in [-0.2, 0) is 0 Å². The van der Waals surface area contributed by atoms with Crippen molar-refractivity contribution in [1.29, 1.82) is 0 Å². The number of rotatable bonds is 2. The van der Waals surface area contributed by atoms with Gasteiger partial charge < -0.3 is 14.6 Å².